The summed E-state index contributed by atoms with van der Waals surface area (Å²) in [5.41, 5.74) is 0.116. The second-order valence-electron chi connectivity index (χ2n) is 3.02. The van der Waals surface area contributed by atoms with Crippen LogP contribution in [0.3, 0.4) is 0 Å². The van der Waals surface area contributed by atoms with Crippen molar-refractivity contribution >= 4 is 0 Å². The SMILES string of the molecule is OCCOCC(O)c1cc(F)cc(F)c1. The molecule has 0 fully saturated rings. The first-order valence-corrected chi connectivity index (χ1v) is 4.46. The molecule has 0 aliphatic carbocycles. The molecular formula is C10H12F2O3. The molecule has 0 saturated heterocycles. The zero-order valence-electron chi connectivity index (χ0n) is 7.99. The molecule has 5 heteroatoms. The molecule has 15 heavy (non-hydrogen) atoms. The van der Waals surface area contributed by atoms with Crippen molar-refractivity contribution in [1.82, 2.24) is 0 Å². The second-order valence-corrected chi connectivity index (χ2v) is 3.02. The van der Waals surface area contributed by atoms with Gasteiger partial charge < -0.3 is 14.9 Å². The molecule has 0 saturated carbocycles. The predicted molar refractivity (Wildman–Crippen MR) is 49.2 cm³/mol. The van der Waals surface area contributed by atoms with Gasteiger partial charge in [0.2, 0.25) is 0 Å². The first-order chi connectivity index (χ1) is 7.13. The number of halogens is 2. The molecule has 0 bridgehead atoms. The molecule has 0 radical (unpaired) electrons. The van der Waals surface area contributed by atoms with Crippen LogP contribution in [0, 0.1) is 11.6 Å². The van der Waals surface area contributed by atoms with Crippen molar-refractivity contribution in [1.29, 1.82) is 0 Å². The summed E-state index contributed by atoms with van der Waals surface area (Å²) in [6, 6.07) is 2.80. The molecule has 2 N–H and O–H groups in total. The van der Waals surface area contributed by atoms with Crippen LogP contribution >= 0.6 is 0 Å². The van der Waals surface area contributed by atoms with Crippen LogP contribution < -0.4 is 0 Å². The largest absolute Gasteiger partial charge is 0.394 e. The summed E-state index contributed by atoms with van der Waals surface area (Å²) in [6.07, 6.45) is -1.10. The van der Waals surface area contributed by atoms with Crippen molar-refractivity contribution in [2.24, 2.45) is 0 Å². The molecule has 0 heterocycles. The molecule has 0 aliphatic rings. The Kier molecular flexibility index (Phi) is 4.61. The van der Waals surface area contributed by atoms with Gasteiger partial charge in [0.25, 0.3) is 0 Å². The van der Waals surface area contributed by atoms with Crippen molar-refractivity contribution in [2.45, 2.75) is 6.10 Å². The van der Waals surface area contributed by atoms with Gasteiger partial charge >= 0.3 is 0 Å². The fraction of sp³-hybridized carbons (Fsp3) is 0.400. The Morgan fingerprint density at radius 3 is 2.33 bits per heavy atom. The highest BCUT2D eigenvalue weighted by Gasteiger charge is 2.10. The Labute approximate surface area is 85.9 Å². The highest BCUT2D eigenvalue weighted by atomic mass is 19.1. The fourth-order valence-corrected chi connectivity index (χ4v) is 1.12. The molecule has 0 aliphatic heterocycles. The highest BCUT2D eigenvalue weighted by Crippen LogP contribution is 2.16. The first kappa shape index (κ1) is 12.0. The minimum absolute atomic E-state index is 0.0782. The van der Waals surface area contributed by atoms with E-state index in [1.54, 1.807) is 0 Å². The average molecular weight is 218 g/mol. The van der Waals surface area contributed by atoms with Crippen molar-refractivity contribution < 1.29 is 23.7 Å². The topological polar surface area (TPSA) is 49.7 Å². The third kappa shape index (κ3) is 3.91. The lowest BCUT2D eigenvalue weighted by atomic mass is 10.1. The van der Waals surface area contributed by atoms with E-state index in [4.69, 9.17) is 9.84 Å². The smallest absolute Gasteiger partial charge is 0.126 e. The lowest BCUT2D eigenvalue weighted by Crippen LogP contribution is -2.10. The van der Waals surface area contributed by atoms with Gasteiger partial charge in [-0.05, 0) is 17.7 Å². The number of hydrogen-bond donors (Lipinski definition) is 2. The van der Waals surface area contributed by atoms with E-state index in [0.717, 1.165) is 18.2 Å². The van der Waals surface area contributed by atoms with E-state index in [1.165, 1.54) is 0 Å². The van der Waals surface area contributed by atoms with Crippen LogP contribution in [0.1, 0.15) is 11.7 Å². The maximum Gasteiger partial charge on any atom is 0.126 e. The maximum atomic E-state index is 12.7. The zero-order chi connectivity index (χ0) is 11.3. The van der Waals surface area contributed by atoms with Gasteiger partial charge in [0, 0.05) is 6.07 Å². The van der Waals surface area contributed by atoms with Crippen LogP contribution in [0.25, 0.3) is 0 Å². The highest BCUT2D eigenvalue weighted by molar-refractivity contribution is 5.20. The van der Waals surface area contributed by atoms with Crippen molar-refractivity contribution in [3.63, 3.8) is 0 Å². The van der Waals surface area contributed by atoms with Crippen LogP contribution in [-0.4, -0.2) is 30.0 Å². The normalized spacial score (nSPS) is 12.8. The van der Waals surface area contributed by atoms with Crippen LogP contribution in [0.2, 0.25) is 0 Å². The van der Waals surface area contributed by atoms with Gasteiger partial charge in [0.1, 0.15) is 17.7 Å². The molecule has 0 spiro atoms. The minimum atomic E-state index is -1.10. The summed E-state index contributed by atoms with van der Waals surface area (Å²) in [5, 5.41) is 17.9. The Morgan fingerprint density at radius 2 is 1.80 bits per heavy atom. The summed E-state index contributed by atoms with van der Waals surface area (Å²) in [4.78, 5) is 0. The standard InChI is InChI=1S/C10H12F2O3/c11-8-3-7(4-9(12)5-8)10(14)6-15-2-1-13/h3-5,10,13-14H,1-2,6H2. The summed E-state index contributed by atoms with van der Waals surface area (Å²) >= 11 is 0. The van der Waals surface area contributed by atoms with Crippen molar-refractivity contribution in [3.8, 4) is 0 Å². The van der Waals surface area contributed by atoms with Gasteiger partial charge in [0.05, 0.1) is 19.8 Å². The Bertz CT molecular complexity index is 297. The van der Waals surface area contributed by atoms with E-state index in [2.05, 4.69) is 0 Å². The van der Waals surface area contributed by atoms with Gasteiger partial charge in [-0.25, -0.2) is 8.78 Å². The molecule has 0 amide bonds. The molecule has 1 aromatic carbocycles. The summed E-state index contributed by atoms with van der Waals surface area (Å²) < 4.78 is 30.3. The van der Waals surface area contributed by atoms with Crippen LogP contribution in [0.4, 0.5) is 8.78 Å². The van der Waals surface area contributed by atoms with E-state index in [0.29, 0.717) is 0 Å². The average Bonchev–Trinajstić information content (AvgIpc) is 2.16. The molecule has 1 atom stereocenters. The molecule has 1 unspecified atom stereocenters. The Hall–Kier alpha value is -1.04. The number of aliphatic hydroxyl groups excluding tert-OH is 2. The number of ether oxygens (including phenoxy) is 1. The summed E-state index contributed by atoms with van der Waals surface area (Å²) in [7, 11) is 0. The van der Waals surface area contributed by atoms with Gasteiger partial charge in [0.15, 0.2) is 0 Å². The molecule has 1 rings (SSSR count). The zero-order valence-corrected chi connectivity index (χ0v) is 7.99. The third-order valence-corrected chi connectivity index (χ3v) is 1.78. The van der Waals surface area contributed by atoms with Crippen molar-refractivity contribution in [2.75, 3.05) is 19.8 Å². The molecule has 84 valence electrons. The quantitative estimate of drug-likeness (QED) is 0.725. The van der Waals surface area contributed by atoms with Gasteiger partial charge in [-0.3, -0.25) is 0 Å². The summed E-state index contributed by atoms with van der Waals surface area (Å²) in [5.74, 6) is -1.49. The van der Waals surface area contributed by atoms with E-state index in [1.807, 2.05) is 0 Å². The lowest BCUT2D eigenvalue weighted by molar-refractivity contribution is 0.0204. The number of aliphatic hydroxyl groups is 2. The minimum Gasteiger partial charge on any atom is -0.394 e. The Balaban J connectivity index is 2.60. The number of benzene rings is 1. The number of hydrogen-bond acceptors (Lipinski definition) is 3. The van der Waals surface area contributed by atoms with E-state index >= 15 is 0 Å². The van der Waals surface area contributed by atoms with Crippen LogP contribution in [-0.2, 0) is 4.74 Å². The van der Waals surface area contributed by atoms with Gasteiger partial charge in [-0.2, -0.15) is 0 Å². The number of rotatable bonds is 5. The lowest BCUT2D eigenvalue weighted by Gasteiger charge is -2.11. The van der Waals surface area contributed by atoms with E-state index < -0.39 is 17.7 Å². The monoisotopic (exact) mass is 218 g/mol. The van der Waals surface area contributed by atoms with Crippen molar-refractivity contribution in [3.05, 3.63) is 35.4 Å². The van der Waals surface area contributed by atoms with E-state index in [9.17, 15) is 13.9 Å². The molecular weight excluding hydrogens is 206 g/mol. The van der Waals surface area contributed by atoms with Crippen LogP contribution in [0.5, 0.6) is 0 Å². The second kappa shape index (κ2) is 5.75. The van der Waals surface area contributed by atoms with E-state index in [-0.39, 0.29) is 25.4 Å². The van der Waals surface area contributed by atoms with Gasteiger partial charge in [-0.1, -0.05) is 0 Å². The molecule has 0 aromatic heterocycles. The van der Waals surface area contributed by atoms with Gasteiger partial charge in [-0.15, -0.1) is 0 Å². The molecule has 3 nitrogen and oxygen atoms in total. The Morgan fingerprint density at radius 1 is 1.20 bits per heavy atom. The van der Waals surface area contributed by atoms with Crippen LogP contribution in [0.15, 0.2) is 18.2 Å². The maximum absolute atomic E-state index is 12.7. The molecule has 1 aromatic rings. The third-order valence-electron chi connectivity index (χ3n) is 1.78. The first-order valence-electron chi connectivity index (χ1n) is 4.46. The predicted octanol–water partition coefficient (Wildman–Crippen LogP) is 1.01. The fourth-order valence-electron chi connectivity index (χ4n) is 1.12. The summed E-state index contributed by atoms with van der Waals surface area (Å²) in [6.45, 7) is -0.192.